The van der Waals surface area contributed by atoms with Gasteiger partial charge in [-0.2, -0.15) is 5.21 Å². The van der Waals surface area contributed by atoms with Gasteiger partial charge in [-0.05, 0) is 111 Å². The van der Waals surface area contributed by atoms with Crippen LogP contribution in [0.3, 0.4) is 0 Å². The summed E-state index contributed by atoms with van der Waals surface area (Å²) in [5.41, 5.74) is 8.73. The van der Waals surface area contributed by atoms with E-state index in [0.717, 1.165) is 79.0 Å². The molecule has 0 bridgehead atoms. The van der Waals surface area contributed by atoms with Crippen LogP contribution in [0.15, 0.2) is 53.5 Å². The number of aromatic nitrogens is 5. The van der Waals surface area contributed by atoms with E-state index < -0.39 is 5.60 Å². The number of nitrogens with one attached hydrogen (secondary N) is 2. The van der Waals surface area contributed by atoms with Gasteiger partial charge < -0.3 is 10.4 Å². The summed E-state index contributed by atoms with van der Waals surface area (Å²) in [5.74, 6) is 1.46. The van der Waals surface area contributed by atoms with Crippen LogP contribution >= 0.6 is 0 Å². The summed E-state index contributed by atoms with van der Waals surface area (Å²) in [6, 6.07) is 17.1. The second kappa shape index (κ2) is 15.5. The van der Waals surface area contributed by atoms with Crippen molar-refractivity contribution < 1.29 is 5.11 Å². The van der Waals surface area contributed by atoms with Gasteiger partial charge in [-0.1, -0.05) is 69.7 Å². The highest BCUT2D eigenvalue weighted by Crippen LogP contribution is 2.33. The van der Waals surface area contributed by atoms with E-state index in [1.54, 1.807) is 0 Å². The maximum Gasteiger partial charge on any atom is 0.205 e. The topological polar surface area (TPSA) is 112 Å². The average Bonchev–Trinajstić information content (AvgIpc) is 3.59. The second-order valence-electron chi connectivity index (χ2n) is 11.5. The van der Waals surface area contributed by atoms with E-state index in [9.17, 15) is 5.11 Å². The highest BCUT2D eigenvalue weighted by molar-refractivity contribution is 5.80. The van der Waals surface area contributed by atoms with Crippen LogP contribution in [-0.2, 0) is 19.3 Å². The van der Waals surface area contributed by atoms with Crippen LogP contribution in [0.5, 0.6) is 0 Å². The van der Waals surface area contributed by atoms with E-state index >= 15 is 0 Å². The Kier molecular flexibility index (Phi) is 11.6. The van der Waals surface area contributed by atoms with Crippen molar-refractivity contribution in [2.24, 2.45) is 4.99 Å². The number of aromatic amines is 1. The minimum atomic E-state index is -0.583. The quantitative estimate of drug-likeness (QED) is 0.116. The second-order valence-corrected chi connectivity index (χ2v) is 11.5. The lowest BCUT2D eigenvalue weighted by atomic mass is 9.88. The van der Waals surface area contributed by atoms with E-state index in [0.29, 0.717) is 5.82 Å². The fourth-order valence-corrected chi connectivity index (χ4v) is 5.64. The van der Waals surface area contributed by atoms with Crippen LogP contribution in [0.4, 0.5) is 11.5 Å². The lowest BCUT2D eigenvalue weighted by Gasteiger charge is -2.25. The first kappa shape index (κ1) is 32.0. The van der Waals surface area contributed by atoms with E-state index in [2.05, 4.69) is 81.0 Å². The number of aliphatic hydroxyl groups is 1. The van der Waals surface area contributed by atoms with Crippen LogP contribution < -0.4 is 5.32 Å². The molecule has 0 amide bonds. The predicted molar refractivity (Wildman–Crippen MR) is 177 cm³/mol. The third-order valence-electron chi connectivity index (χ3n) is 8.55. The van der Waals surface area contributed by atoms with Gasteiger partial charge in [-0.3, -0.25) is 4.99 Å². The number of unbranched alkanes of at least 4 members (excludes halogenated alkanes) is 1. The molecule has 1 aliphatic rings. The Labute approximate surface area is 256 Å². The summed E-state index contributed by atoms with van der Waals surface area (Å²) in [4.78, 5) is 8.80. The fourth-order valence-electron chi connectivity index (χ4n) is 5.64. The van der Waals surface area contributed by atoms with Crippen molar-refractivity contribution >= 4 is 18.2 Å². The van der Waals surface area contributed by atoms with Crippen molar-refractivity contribution in [3.05, 3.63) is 70.9 Å². The summed E-state index contributed by atoms with van der Waals surface area (Å²) < 4.78 is 0. The number of fused-ring (bicyclic) bond motifs is 1. The van der Waals surface area contributed by atoms with Gasteiger partial charge in [0.15, 0.2) is 5.82 Å². The molecule has 4 aromatic rings. The molecule has 0 aliphatic heterocycles. The van der Waals surface area contributed by atoms with Gasteiger partial charge >= 0.3 is 0 Å². The molecule has 0 unspecified atom stereocenters. The average molecular weight is 582 g/mol. The van der Waals surface area contributed by atoms with E-state index in [1.165, 1.54) is 42.4 Å². The summed E-state index contributed by atoms with van der Waals surface area (Å²) in [6.07, 6.45) is 10.3. The highest BCUT2D eigenvalue weighted by atomic mass is 16.3. The number of anilines is 1. The van der Waals surface area contributed by atoms with Crippen molar-refractivity contribution in [1.29, 1.82) is 0 Å². The molecule has 8 heteroatoms. The molecule has 228 valence electrons. The lowest BCUT2D eigenvalue weighted by molar-refractivity contribution is 0.0237. The van der Waals surface area contributed by atoms with Gasteiger partial charge in [0, 0.05) is 17.8 Å². The number of benzene rings is 2. The molecule has 0 atom stereocenters. The van der Waals surface area contributed by atoms with Crippen LogP contribution in [0.1, 0.15) is 88.1 Å². The molecule has 43 heavy (non-hydrogen) atoms. The molecular weight excluding hydrogens is 534 g/mol. The Morgan fingerprint density at radius 1 is 1.00 bits per heavy atom. The van der Waals surface area contributed by atoms with Crippen molar-refractivity contribution in [3.63, 3.8) is 0 Å². The summed E-state index contributed by atoms with van der Waals surface area (Å²) in [7, 11) is 0. The van der Waals surface area contributed by atoms with Gasteiger partial charge in [0.05, 0.1) is 5.60 Å². The van der Waals surface area contributed by atoms with Crippen LogP contribution in [-0.4, -0.2) is 49.6 Å². The molecule has 2 aromatic heterocycles. The first-order chi connectivity index (χ1) is 20.9. The zero-order chi connectivity index (χ0) is 30.7. The Hall–Kier alpha value is -3.91. The smallest absolute Gasteiger partial charge is 0.205 e. The minimum absolute atomic E-state index is 0.583. The standard InChI is InChI=1S/C18H31N3O.C17H16N4/c1-6-9-12-20-17-16(19-5)14(4)13-15(21-17)10-11-18(22,7-2)8-3;1-2-6-13-11-14(10-9-12(13)5-1)15-7-3-4-8-16(15)17-18-20-21-19-17/h13,22H,5-12H2,1-4H3,(H,20,21);3-4,7-11H,1-2,5-6H2,(H,18,19,20,21). The fraction of sp³-hybridized carbons (Fsp3) is 0.457. The molecule has 2 heterocycles. The SMILES string of the molecule is C=Nc1c(C)cc(CCC(O)(CC)CC)nc1NCCCC.c1ccc(-c2nn[nH]n2)c(-c2ccc3c(c2)CCCC3)c1. The highest BCUT2D eigenvalue weighted by Gasteiger charge is 2.22. The number of hydrogen-bond acceptors (Lipinski definition) is 7. The maximum atomic E-state index is 10.4. The molecule has 0 radical (unpaired) electrons. The maximum absolute atomic E-state index is 10.4. The molecule has 0 saturated carbocycles. The summed E-state index contributed by atoms with van der Waals surface area (Å²) >= 11 is 0. The Bertz CT molecular complexity index is 1460. The molecule has 0 saturated heterocycles. The largest absolute Gasteiger partial charge is 0.390 e. The Morgan fingerprint density at radius 3 is 2.42 bits per heavy atom. The van der Waals surface area contributed by atoms with Crippen LogP contribution in [0, 0.1) is 6.92 Å². The molecular formula is C35H47N7O. The number of hydrogen-bond donors (Lipinski definition) is 3. The number of aryl methyl sites for hydroxylation is 4. The summed E-state index contributed by atoms with van der Waals surface area (Å²) in [5, 5.41) is 28.2. The van der Waals surface area contributed by atoms with Crippen molar-refractivity contribution in [2.75, 3.05) is 11.9 Å². The third kappa shape index (κ3) is 8.35. The number of rotatable bonds is 12. The van der Waals surface area contributed by atoms with Gasteiger partial charge in [0.1, 0.15) is 5.69 Å². The van der Waals surface area contributed by atoms with Gasteiger partial charge in [-0.15, -0.1) is 10.2 Å². The number of tetrazole rings is 1. The van der Waals surface area contributed by atoms with Gasteiger partial charge in [0.2, 0.25) is 5.82 Å². The molecule has 3 N–H and O–H groups in total. The summed E-state index contributed by atoms with van der Waals surface area (Å²) in [6.45, 7) is 12.8. The number of pyridine rings is 1. The monoisotopic (exact) mass is 581 g/mol. The van der Waals surface area contributed by atoms with Crippen molar-refractivity contribution in [1.82, 2.24) is 25.6 Å². The molecule has 2 aromatic carbocycles. The number of aliphatic imine (C=N–C) groups is 1. The van der Waals surface area contributed by atoms with Gasteiger partial charge in [0.25, 0.3) is 0 Å². The zero-order valence-electron chi connectivity index (χ0n) is 26.3. The predicted octanol–water partition coefficient (Wildman–Crippen LogP) is 7.83. The third-order valence-corrected chi connectivity index (χ3v) is 8.55. The van der Waals surface area contributed by atoms with E-state index in [1.807, 2.05) is 32.9 Å². The molecule has 1 aliphatic carbocycles. The number of H-pyrrole nitrogens is 1. The zero-order valence-corrected chi connectivity index (χ0v) is 26.3. The van der Waals surface area contributed by atoms with Crippen molar-refractivity contribution in [3.8, 4) is 22.5 Å². The molecule has 5 rings (SSSR count). The Balaban J connectivity index is 0.000000197. The van der Waals surface area contributed by atoms with Crippen LogP contribution in [0.25, 0.3) is 22.5 Å². The van der Waals surface area contributed by atoms with E-state index in [4.69, 9.17) is 4.98 Å². The van der Waals surface area contributed by atoms with Crippen molar-refractivity contribution in [2.45, 2.75) is 97.5 Å². The van der Waals surface area contributed by atoms with E-state index in [-0.39, 0.29) is 0 Å². The normalized spacial score (nSPS) is 12.7. The lowest BCUT2D eigenvalue weighted by Crippen LogP contribution is -2.27. The minimum Gasteiger partial charge on any atom is -0.390 e. The first-order valence-electron chi connectivity index (χ1n) is 15.8. The number of nitrogens with zero attached hydrogens (tertiary/aromatic N) is 5. The first-order valence-corrected chi connectivity index (χ1v) is 15.8. The Morgan fingerprint density at radius 2 is 1.74 bits per heavy atom. The van der Waals surface area contributed by atoms with Crippen LogP contribution in [0.2, 0.25) is 0 Å². The molecule has 0 fully saturated rings. The molecule has 8 nitrogen and oxygen atoms in total. The van der Waals surface area contributed by atoms with Gasteiger partial charge in [-0.25, -0.2) is 4.98 Å². The molecule has 0 spiro atoms.